The first-order chi connectivity index (χ1) is 8.54. The van der Waals surface area contributed by atoms with E-state index in [1.165, 1.54) is 17.5 Å². The van der Waals surface area contributed by atoms with Crippen molar-refractivity contribution in [3.63, 3.8) is 0 Å². The largest absolute Gasteiger partial charge is 0.330 e. The minimum absolute atomic E-state index is 0.0280. The molecule has 1 aliphatic carbocycles. The van der Waals surface area contributed by atoms with Crippen LogP contribution in [0.2, 0.25) is 0 Å². The third kappa shape index (κ3) is 1.43. The Morgan fingerprint density at radius 3 is 2.83 bits per heavy atom. The van der Waals surface area contributed by atoms with Gasteiger partial charge in [-0.3, -0.25) is 0 Å². The summed E-state index contributed by atoms with van der Waals surface area (Å²) in [6, 6.07) is 6.54. The summed E-state index contributed by atoms with van der Waals surface area (Å²) in [6.45, 7) is 4.41. The van der Waals surface area contributed by atoms with E-state index in [4.69, 9.17) is 10.7 Å². The van der Waals surface area contributed by atoms with Crippen LogP contribution in [0.5, 0.6) is 0 Å². The van der Waals surface area contributed by atoms with E-state index in [1.807, 2.05) is 0 Å². The second-order valence-corrected chi connectivity index (χ2v) is 5.85. The molecule has 3 nitrogen and oxygen atoms in total. The quantitative estimate of drug-likeness (QED) is 0.836. The molecule has 1 heterocycles. The summed E-state index contributed by atoms with van der Waals surface area (Å²) in [7, 11) is 2.12. The van der Waals surface area contributed by atoms with Gasteiger partial charge in [-0.1, -0.05) is 25.5 Å². The van der Waals surface area contributed by atoms with Gasteiger partial charge in [-0.25, -0.2) is 4.98 Å². The van der Waals surface area contributed by atoms with Crippen molar-refractivity contribution in [2.75, 3.05) is 0 Å². The van der Waals surface area contributed by atoms with Crippen LogP contribution in [0.25, 0.3) is 11.0 Å². The van der Waals surface area contributed by atoms with Crippen LogP contribution in [-0.4, -0.2) is 15.6 Å². The van der Waals surface area contributed by atoms with Crippen molar-refractivity contribution in [2.45, 2.75) is 44.6 Å². The van der Waals surface area contributed by atoms with Gasteiger partial charge in [-0.05, 0) is 31.4 Å². The molecule has 0 saturated heterocycles. The second-order valence-electron chi connectivity index (χ2n) is 5.85. The first-order valence-electron chi connectivity index (χ1n) is 6.72. The Hall–Kier alpha value is -1.35. The molecule has 0 radical (unpaired) electrons. The van der Waals surface area contributed by atoms with E-state index in [0.29, 0.717) is 0 Å². The van der Waals surface area contributed by atoms with Crippen LogP contribution in [0.1, 0.15) is 37.6 Å². The zero-order valence-corrected chi connectivity index (χ0v) is 11.4. The van der Waals surface area contributed by atoms with E-state index in [0.717, 1.165) is 24.2 Å². The SMILES string of the molecule is Cc1cccc2nc(C3(C)CCCC3N)n(C)c12. The molecule has 1 aromatic carbocycles. The molecule has 1 fully saturated rings. The minimum Gasteiger partial charge on any atom is -0.330 e. The van der Waals surface area contributed by atoms with Gasteiger partial charge in [0.1, 0.15) is 5.82 Å². The van der Waals surface area contributed by atoms with Crippen molar-refractivity contribution >= 4 is 11.0 Å². The monoisotopic (exact) mass is 243 g/mol. The Morgan fingerprint density at radius 2 is 2.22 bits per heavy atom. The lowest BCUT2D eigenvalue weighted by atomic mass is 9.84. The number of hydrogen-bond donors (Lipinski definition) is 1. The van der Waals surface area contributed by atoms with Gasteiger partial charge in [0.25, 0.3) is 0 Å². The summed E-state index contributed by atoms with van der Waals surface area (Å²) in [5.74, 6) is 1.15. The first kappa shape index (κ1) is 11.7. The van der Waals surface area contributed by atoms with Crippen molar-refractivity contribution in [1.29, 1.82) is 0 Å². The number of hydrogen-bond acceptors (Lipinski definition) is 2. The Labute approximate surface area is 108 Å². The van der Waals surface area contributed by atoms with Gasteiger partial charge in [0.2, 0.25) is 0 Å². The summed E-state index contributed by atoms with van der Waals surface area (Å²) < 4.78 is 2.25. The molecule has 96 valence electrons. The Kier molecular flexibility index (Phi) is 2.49. The maximum absolute atomic E-state index is 6.32. The van der Waals surface area contributed by atoms with Gasteiger partial charge < -0.3 is 10.3 Å². The minimum atomic E-state index is 0.0280. The molecule has 2 atom stereocenters. The van der Waals surface area contributed by atoms with Gasteiger partial charge in [-0.15, -0.1) is 0 Å². The molecule has 3 rings (SSSR count). The van der Waals surface area contributed by atoms with Crippen LogP contribution in [-0.2, 0) is 12.5 Å². The van der Waals surface area contributed by atoms with Crippen LogP contribution in [0, 0.1) is 6.92 Å². The van der Waals surface area contributed by atoms with E-state index >= 15 is 0 Å². The lowest BCUT2D eigenvalue weighted by Crippen LogP contribution is -2.40. The Balaban J connectivity index is 2.25. The van der Waals surface area contributed by atoms with Crippen molar-refractivity contribution in [3.05, 3.63) is 29.6 Å². The molecule has 3 heteroatoms. The highest BCUT2D eigenvalue weighted by atomic mass is 15.1. The van der Waals surface area contributed by atoms with Crippen LogP contribution in [0.15, 0.2) is 18.2 Å². The number of benzene rings is 1. The van der Waals surface area contributed by atoms with E-state index in [2.05, 4.69) is 43.7 Å². The van der Waals surface area contributed by atoms with Crippen molar-refractivity contribution < 1.29 is 0 Å². The van der Waals surface area contributed by atoms with Crippen LogP contribution in [0.4, 0.5) is 0 Å². The molecule has 0 spiro atoms. The summed E-state index contributed by atoms with van der Waals surface area (Å²) in [6.07, 6.45) is 3.46. The summed E-state index contributed by atoms with van der Waals surface area (Å²) in [5, 5.41) is 0. The lowest BCUT2D eigenvalue weighted by molar-refractivity contribution is 0.395. The molecule has 2 aromatic rings. The number of imidazole rings is 1. The highest BCUT2D eigenvalue weighted by Gasteiger charge is 2.41. The fourth-order valence-corrected chi connectivity index (χ4v) is 3.45. The average Bonchev–Trinajstić information content (AvgIpc) is 2.84. The Bertz CT molecular complexity index is 599. The number of fused-ring (bicyclic) bond motifs is 1. The van der Waals surface area contributed by atoms with E-state index in [9.17, 15) is 0 Å². The number of nitrogens with zero attached hydrogens (tertiary/aromatic N) is 2. The number of nitrogens with two attached hydrogens (primary N) is 1. The average molecular weight is 243 g/mol. The third-order valence-corrected chi connectivity index (χ3v) is 4.64. The van der Waals surface area contributed by atoms with Gasteiger partial charge in [0.05, 0.1) is 11.0 Å². The maximum Gasteiger partial charge on any atom is 0.117 e. The summed E-state index contributed by atoms with van der Waals surface area (Å²) in [4.78, 5) is 4.86. The van der Waals surface area contributed by atoms with Crippen molar-refractivity contribution in [2.24, 2.45) is 12.8 Å². The number of rotatable bonds is 1. The molecule has 1 saturated carbocycles. The maximum atomic E-state index is 6.32. The predicted octanol–water partition coefficient (Wildman–Crippen LogP) is 2.65. The standard InChI is InChI=1S/C15H21N3/c1-10-6-4-7-11-13(10)18(3)14(17-11)15(2)9-5-8-12(15)16/h4,6-7,12H,5,8-9,16H2,1-3H3. The van der Waals surface area contributed by atoms with Gasteiger partial charge >= 0.3 is 0 Å². The van der Waals surface area contributed by atoms with Crippen molar-refractivity contribution in [1.82, 2.24) is 9.55 Å². The molecule has 18 heavy (non-hydrogen) atoms. The predicted molar refractivity (Wildman–Crippen MR) is 74.6 cm³/mol. The zero-order chi connectivity index (χ0) is 12.9. The van der Waals surface area contributed by atoms with E-state index in [1.54, 1.807) is 0 Å². The molecule has 2 unspecified atom stereocenters. The highest BCUT2D eigenvalue weighted by Crippen LogP contribution is 2.40. The fourth-order valence-electron chi connectivity index (χ4n) is 3.45. The molecule has 1 aliphatic rings. The molecule has 1 aromatic heterocycles. The molecule has 2 N–H and O–H groups in total. The molecule has 0 bridgehead atoms. The molecular formula is C15H21N3. The normalized spacial score (nSPS) is 28.1. The zero-order valence-electron chi connectivity index (χ0n) is 11.4. The van der Waals surface area contributed by atoms with E-state index < -0.39 is 0 Å². The number of aromatic nitrogens is 2. The fraction of sp³-hybridized carbons (Fsp3) is 0.533. The van der Waals surface area contributed by atoms with Gasteiger partial charge in [0, 0.05) is 18.5 Å². The van der Waals surface area contributed by atoms with Crippen LogP contribution >= 0.6 is 0 Å². The Morgan fingerprint density at radius 1 is 1.44 bits per heavy atom. The second kappa shape index (κ2) is 3.82. The molecular weight excluding hydrogens is 222 g/mol. The molecule has 0 aliphatic heterocycles. The van der Waals surface area contributed by atoms with Gasteiger partial charge in [-0.2, -0.15) is 0 Å². The topological polar surface area (TPSA) is 43.8 Å². The van der Waals surface area contributed by atoms with E-state index in [-0.39, 0.29) is 11.5 Å². The third-order valence-electron chi connectivity index (χ3n) is 4.64. The summed E-state index contributed by atoms with van der Waals surface area (Å²) >= 11 is 0. The first-order valence-corrected chi connectivity index (χ1v) is 6.72. The van der Waals surface area contributed by atoms with Crippen LogP contribution < -0.4 is 5.73 Å². The van der Waals surface area contributed by atoms with Crippen molar-refractivity contribution in [3.8, 4) is 0 Å². The summed E-state index contributed by atoms with van der Waals surface area (Å²) in [5.41, 5.74) is 9.96. The lowest BCUT2D eigenvalue weighted by Gasteiger charge is -2.28. The van der Waals surface area contributed by atoms with Crippen LogP contribution in [0.3, 0.4) is 0 Å². The smallest absolute Gasteiger partial charge is 0.117 e. The number of aryl methyl sites for hydroxylation is 2. The highest BCUT2D eigenvalue weighted by molar-refractivity contribution is 5.79. The number of para-hydroxylation sites is 1. The van der Waals surface area contributed by atoms with Gasteiger partial charge in [0.15, 0.2) is 0 Å². The molecule has 0 amide bonds.